The predicted octanol–water partition coefficient (Wildman–Crippen LogP) is 2.74. The fourth-order valence-corrected chi connectivity index (χ4v) is 1.68. The van der Waals surface area contributed by atoms with Crippen LogP contribution in [-0.2, 0) is 0 Å². The highest BCUT2D eigenvalue weighted by molar-refractivity contribution is 7.99. The number of thioether (sulfide) groups is 1. The molecule has 12 heavy (non-hydrogen) atoms. The number of aromatic nitrogens is 1. The van der Waals surface area contributed by atoms with Crippen LogP contribution in [0.1, 0.15) is 6.42 Å². The number of pyridine rings is 1. The van der Waals surface area contributed by atoms with Crippen molar-refractivity contribution in [3.63, 3.8) is 0 Å². The van der Waals surface area contributed by atoms with Gasteiger partial charge in [0.05, 0.1) is 11.1 Å². The molecule has 0 saturated heterocycles. The lowest BCUT2D eigenvalue weighted by Gasteiger charge is -1.98. The van der Waals surface area contributed by atoms with Crippen LogP contribution in [0.2, 0.25) is 5.02 Å². The van der Waals surface area contributed by atoms with Gasteiger partial charge in [-0.15, -0.1) is 11.8 Å². The second kappa shape index (κ2) is 5.02. The fraction of sp³-hybridized carbons (Fsp3) is 0.250. The molecule has 0 aliphatic heterocycles. The Bertz CT molecular complexity index is 295. The van der Waals surface area contributed by atoms with E-state index in [0.29, 0.717) is 11.4 Å². The predicted molar refractivity (Wildman–Crippen MR) is 50.2 cm³/mol. The first kappa shape index (κ1) is 9.37. The maximum Gasteiger partial charge on any atom is 0.115 e. The monoisotopic (exact) mass is 198 g/mol. The lowest BCUT2D eigenvalue weighted by atomic mass is 10.5. The number of halogens is 1. The van der Waals surface area contributed by atoms with E-state index in [9.17, 15) is 0 Å². The molecule has 0 radical (unpaired) electrons. The molecule has 1 aromatic heterocycles. The van der Waals surface area contributed by atoms with E-state index in [4.69, 9.17) is 16.9 Å². The Balaban J connectivity index is 2.53. The first-order valence-corrected chi connectivity index (χ1v) is 4.81. The van der Waals surface area contributed by atoms with E-state index in [1.54, 1.807) is 18.3 Å². The van der Waals surface area contributed by atoms with Gasteiger partial charge in [-0.25, -0.2) is 4.98 Å². The van der Waals surface area contributed by atoms with Crippen LogP contribution in [0.3, 0.4) is 0 Å². The maximum atomic E-state index is 8.30. The molecular weight excluding hydrogens is 192 g/mol. The quantitative estimate of drug-likeness (QED) is 0.554. The normalized spacial score (nSPS) is 9.33. The molecule has 0 saturated carbocycles. The zero-order valence-corrected chi connectivity index (χ0v) is 7.90. The van der Waals surface area contributed by atoms with E-state index in [1.807, 2.05) is 0 Å². The molecule has 1 heterocycles. The molecule has 0 fully saturated rings. The van der Waals surface area contributed by atoms with Crippen molar-refractivity contribution in [3.05, 3.63) is 23.4 Å². The second-order valence-corrected chi connectivity index (χ2v) is 3.54. The van der Waals surface area contributed by atoms with E-state index in [-0.39, 0.29) is 0 Å². The SMILES string of the molecule is N#CCCSc1ncccc1Cl. The van der Waals surface area contributed by atoms with Gasteiger partial charge in [0.15, 0.2) is 0 Å². The van der Waals surface area contributed by atoms with Gasteiger partial charge in [0, 0.05) is 18.4 Å². The molecule has 0 bridgehead atoms. The first-order valence-electron chi connectivity index (χ1n) is 3.45. The summed E-state index contributed by atoms with van der Waals surface area (Å²) in [6.45, 7) is 0. The summed E-state index contributed by atoms with van der Waals surface area (Å²) in [5.74, 6) is 0.743. The molecule has 62 valence electrons. The average molecular weight is 199 g/mol. The Morgan fingerprint density at radius 1 is 1.67 bits per heavy atom. The number of nitrogens with zero attached hydrogens (tertiary/aromatic N) is 2. The van der Waals surface area contributed by atoms with Gasteiger partial charge in [-0.2, -0.15) is 5.26 Å². The highest BCUT2D eigenvalue weighted by atomic mass is 35.5. The van der Waals surface area contributed by atoms with Crippen molar-refractivity contribution in [1.29, 1.82) is 5.26 Å². The van der Waals surface area contributed by atoms with Crippen LogP contribution in [0.15, 0.2) is 23.4 Å². The average Bonchev–Trinajstić information content (AvgIpc) is 2.09. The van der Waals surface area contributed by atoms with Crippen molar-refractivity contribution in [1.82, 2.24) is 4.98 Å². The van der Waals surface area contributed by atoms with Gasteiger partial charge in [-0.05, 0) is 12.1 Å². The molecule has 0 aromatic carbocycles. The summed E-state index contributed by atoms with van der Waals surface area (Å²) in [5.41, 5.74) is 0. The number of hydrogen-bond donors (Lipinski definition) is 0. The molecule has 0 aliphatic rings. The Labute approximate surface area is 80.6 Å². The summed E-state index contributed by atoms with van der Waals surface area (Å²) in [4.78, 5) is 4.07. The third kappa shape index (κ3) is 2.72. The third-order valence-electron chi connectivity index (χ3n) is 1.18. The van der Waals surface area contributed by atoms with E-state index in [2.05, 4.69) is 11.1 Å². The third-order valence-corrected chi connectivity index (χ3v) is 2.60. The summed E-state index contributed by atoms with van der Waals surface area (Å²) in [6, 6.07) is 5.65. The maximum absolute atomic E-state index is 8.30. The van der Waals surface area contributed by atoms with Crippen LogP contribution in [0.5, 0.6) is 0 Å². The molecule has 2 nitrogen and oxygen atoms in total. The molecule has 4 heteroatoms. The minimum atomic E-state index is 0.525. The van der Waals surface area contributed by atoms with E-state index in [1.165, 1.54) is 11.8 Å². The Kier molecular flexibility index (Phi) is 3.92. The van der Waals surface area contributed by atoms with Crippen molar-refractivity contribution in [2.24, 2.45) is 0 Å². The molecule has 0 atom stereocenters. The largest absolute Gasteiger partial charge is 0.248 e. The molecule has 0 unspecified atom stereocenters. The summed E-state index contributed by atoms with van der Waals surface area (Å²) < 4.78 is 0. The fourth-order valence-electron chi connectivity index (χ4n) is 0.671. The Morgan fingerprint density at radius 3 is 3.17 bits per heavy atom. The van der Waals surface area contributed by atoms with Crippen molar-refractivity contribution in [2.75, 3.05) is 5.75 Å². The van der Waals surface area contributed by atoms with E-state index in [0.717, 1.165) is 10.8 Å². The topological polar surface area (TPSA) is 36.7 Å². The van der Waals surface area contributed by atoms with Gasteiger partial charge in [0.1, 0.15) is 5.03 Å². The molecule has 0 aliphatic carbocycles. The molecular formula is C8H7ClN2S. The first-order chi connectivity index (χ1) is 5.84. The smallest absolute Gasteiger partial charge is 0.115 e. The standard InChI is InChI=1S/C8H7ClN2S/c9-7-3-1-5-11-8(7)12-6-2-4-10/h1,3,5H,2,6H2. The summed E-state index contributed by atoms with van der Waals surface area (Å²) in [6.07, 6.45) is 2.22. The van der Waals surface area contributed by atoms with Crippen LogP contribution in [0.4, 0.5) is 0 Å². The number of nitriles is 1. The molecule has 0 amide bonds. The van der Waals surface area contributed by atoms with Crippen molar-refractivity contribution < 1.29 is 0 Å². The van der Waals surface area contributed by atoms with Crippen molar-refractivity contribution in [2.45, 2.75) is 11.4 Å². The zero-order chi connectivity index (χ0) is 8.81. The van der Waals surface area contributed by atoms with Gasteiger partial charge in [0.2, 0.25) is 0 Å². The number of rotatable bonds is 3. The van der Waals surface area contributed by atoms with Gasteiger partial charge < -0.3 is 0 Å². The van der Waals surface area contributed by atoms with Gasteiger partial charge >= 0.3 is 0 Å². The van der Waals surface area contributed by atoms with Crippen LogP contribution in [0.25, 0.3) is 0 Å². The highest BCUT2D eigenvalue weighted by Gasteiger charge is 1.99. The highest BCUT2D eigenvalue weighted by Crippen LogP contribution is 2.24. The molecule has 1 rings (SSSR count). The lowest BCUT2D eigenvalue weighted by Crippen LogP contribution is -1.82. The summed E-state index contributed by atoms with van der Waals surface area (Å²) in [5, 5.41) is 9.75. The van der Waals surface area contributed by atoms with Crippen molar-refractivity contribution in [3.8, 4) is 6.07 Å². The van der Waals surface area contributed by atoms with E-state index < -0.39 is 0 Å². The minimum Gasteiger partial charge on any atom is -0.248 e. The van der Waals surface area contributed by atoms with Gasteiger partial charge in [0.25, 0.3) is 0 Å². The summed E-state index contributed by atoms with van der Waals surface area (Å²) >= 11 is 7.34. The van der Waals surface area contributed by atoms with Crippen LogP contribution in [0, 0.1) is 11.3 Å². The van der Waals surface area contributed by atoms with E-state index >= 15 is 0 Å². The molecule has 0 N–H and O–H groups in total. The Morgan fingerprint density at radius 2 is 2.50 bits per heavy atom. The van der Waals surface area contributed by atoms with Crippen molar-refractivity contribution >= 4 is 23.4 Å². The summed E-state index contributed by atoms with van der Waals surface area (Å²) in [7, 11) is 0. The molecule has 1 aromatic rings. The van der Waals surface area contributed by atoms with Crippen LogP contribution in [-0.4, -0.2) is 10.7 Å². The number of hydrogen-bond acceptors (Lipinski definition) is 3. The molecule has 0 spiro atoms. The van der Waals surface area contributed by atoms with Crippen LogP contribution < -0.4 is 0 Å². The zero-order valence-electron chi connectivity index (χ0n) is 6.33. The Hall–Kier alpha value is -0.720. The van der Waals surface area contributed by atoms with Gasteiger partial charge in [-0.3, -0.25) is 0 Å². The minimum absolute atomic E-state index is 0.525. The second-order valence-electron chi connectivity index (χ2n) is 2.05. The lowest BCUT2D eigenvalue weighted by molar-refractivity contribution is 1.12. The van der Waals surface area contributed by atoms with Gasteiger partial charge in [-0.1, -0.05) is 11.6 Å². The van der Waals surface area contributed by atoms with Crippen LogP contribution >= 0.6 is 23.4 Å².